The fraction of sp³-hybridized carbons (Fsp3) is 0.895. The van der Waals surface area contributed by atoms with Gasteiger partial charge in [0.2, 0.25) is 11.8 Å². The normalized spacial score (nSPS) is 28.6. The first-order chi connectivity index (χ1) is 12.6. The van der Waals surface area contributed by atoms with Gasteiger partial charge < -0.3 is 15.5 Å². The van der Waals surface area contributed by atoms with Crippen LogP contribution in [0.5, 0.6) is 0 Å². The maximum Gasteiger partial charge on any atom is 0.234 e. The first-order valence-electron chi connectivity index (χ1n) is 10.2. The summed E-state index contributed by atoms with van der Waals surface area (Å²) in [6.45, 7) is 6.85. The summed E-state index contributed by atoms with van der Waals surface area (Å²) in [7, 11) is 0. The number of piperazine rings is 1. The van der Waals surface area contributed by atoms with Crippen LogP contribution in [0.1, 0.15) is 39.0 Å². The van der Waals surface area contributed by atoms with Gasteiger partial charge in [-0.3, -0.25) is 14.5 Å². The van der Waals surface area contributed by atoms with E-state index in [0.29, 0.717) is 25.0 Å². The monoisotopic (exact) mass is 454 g/mol. The summed E-state index contributed by atoms with van der Waals surface area (Å²) in [5.41, 5.74) is 0. The van der Waals surface area contributed by atoms with Crippen molar-refractivity contribution < 1.29 is 9.59 Å². The van der Waals surface area contributed by atoms with Crippen molar-refractivity contribution >= 4 is 48.4 Å². The fourth-order valence-corrected chi connectivity index (χ4v) is 5.08. The van der Waals surface area contributed by atoms with Gasteiger partial charge in [0.15, 0.2) is 0 Å². The summed E-state index contributed by atoms with van der Waals surface area (Å²) in [4.78, 5) is 28.9. The molecule has 0 bridgehead atoms. The Labute approximate surface area is 186 Å². The van der Waals surface area contributed by atoms with Crippen LogP contribution in [0.2, 0.25) is 0 Å². The summed E-state index contributed by atoms with van der Waals surface area (Å²) in [5.74, 6) is 3.38. The maximum absolute atomic E-state index is 12.5. The van der Waals surface area contributed by atoms with Gasteiger partial charge in [-0.05, 0) is 31.6 Å². The van der Waals surface area contributed by atoms with Crippen LogP contribution < -0.4 is 10.6 Å². The molecular weight excluding hydrogens is 419 g/mol. The predicted molar refractivity (Wildman–Crippen MR) is 121 cm³/mol. The van der Waals surface area contributed by atoms with E-state index in [1.54, 1.807) is 0 Å². The third-order valence-corrected chi connectivity index (χ3v) is 7.02. The Bertz CT molecular complexity index is 479. The van der Waals surface area contributed by atoms with Crippen molar-refractivity contribution in [1.29, 1.82) is 0 Å². The van der Waals surface area contributed by atoms with E-state index in [0.717, 1.165) is 63.0 Å². The highest BCUT2D eigenvalue weighted by Crippen LogP contribution is 2.23. The van der Waals surface area contributed by atoms with Crippen LogP contribution in [-0.4, -0.2) is 84.5 Å². The molecule has 0 spiro atoms. The molecule has 9 heteroatoms. The highest BCUT2D eigenvalue weighted by molar-refractivity contribution is 7.99. The average molecular weight is 455 g/mol. The van der Waals surface area contributed by atoms with E-state index in [1.165, 1.54) is 12.8 Å². The Balaban J connectivity index is 0.00000196. The molecule has 2 N–H and O–H groups in total. The van der Waals surface area contributed by atoms with Crippen LogP contribution in [0, 0.1) is 5.92 Å². The topological polar surface area (TPSA) is 64.7 Å². The molecule has 0 radical (unpaired) electrons. The molecule has 164 valence electrons. The molecule has 1 saturated carbocycles. The number of thioether (sulfide) groups is 1. The van der Waals surface area contributed by atoms with Crippen LogP contribution in [0.15, 0.2) is 0 Å². The molecular formula is C19H36Cl2N4O2S. The largest absolute Gasteiger partial charge is 0.352 e. The van der Waals surface area contributed by atoms with E-state index < -0.39 is 0 Å². The predicted octanol–water partition coefficient (Wildman–Crippen LogP) is 1.76. The second kappa shape index (κ2) is 13.2. The SMILES string of the molecule is CC1CCC(NC(=O)CN2CCN(C(=O)CC3CSCCN3)CC2)CC1.Cl.Cl. The van der Waals surface area contributed by atoms with E-state index in [-0.39, 0.29) is 36.6 Å². The molecule has 1 atom stereocenters. The molecule has 0 aromatic rings. The molecule has 2 aliphatic heterocycles. The van der Waals surface area contributed by atoms with Crippen molar-refractivity contribution in [1.82, 2.24) is 20.4 Å². The van der Waals surface area contributed by atoms with Gasteiger partial charge >= 0.3 is 0 Å². The molecule has 2 heterocycles. The van der Waals surface area contributed by atoms with Gasteiger partial charge in [-0.1, -0.05) is 6.92 Å². The first kappa shape index (κ1) is 25.8. The van der Waals surface area contributed by atoms with Crippen LogP contribution >= 0.6 is 36.6 Å². The van der Waals surface area contributed by atoms with Gasteiger partial charge in [0.05, 0.1) is 6.54 Å². The van der Waals surface area contributed by atoms with Crippen LogP contribution in [-0.2, 0) is 9.59 Å². The third kappa shape index (κ3) is 8.27. The standard InChI is InChI=1S/C19H34N4O2S.2ClH/c1-15-2-4-16(5-3-15)21-18(24)13-22-7-9-23(10-8-22)19(25)12-17-14-26-11-6-20-17;;/h15-17,20H,2-14H2,1H3,(H,21,24);2*1H. The van der Waals surface area contributed by atoms with Crippen LogP contribution in [0.25, 0.3) is 0 Å². The summed E-state index contributed by atoms with van der Waals surface area (Å²) in [6.07, 6.45) is 5.28. The van der Waals surface area contributed by atoms with Gasteiger partial charge in [0, 0.05) is 62.7 Å². The molecule has 3 fully saturated rings. The lowest BCUT2D eigenvalue weighted by Crippen LogP contribution is -2.53. The van der Waals surface area contributed by atoms with E-state index in [2.05, 4.69) is 22.5 Å². The smallest absolute Gasteiger partial charge is 0.234 e. The molecule has 3 rings (SSSR count). The van der Waals surface area contributed by atoms with E-state index in [4.69, 9.17) is 0 Å². The van der Waals surface area contributed by atoms with Gasteiger partial charge in [0.1, 0.15) is 0 Å². The molecule has 2 saturated heterocycles. The highest BCUT2D eigenvalue weighted by atomic mass is 35.5. The quantitative estimate of drug-likeness (QED) is 0.662. The summed E-state index contributed by atoms with van der Waals surface area (Å²) in [6, 6.07) is 0.686. The number of carbonyl (C=O) groups excluding carboxylic acids is 2. The van der Waals surface area contributed by atoms with E-state index in [9.17, 15) is 9.59 Å². The van der Waals surface area contributed by atoms with E-state index in [1.807, 2.05) is 16.7 Å². The van der Waals surface area contributed by atoms with Crippen LogP contribution in [0.3, 0.4) is 0 Å². The van der Waals surface area contributed by atoms with Crippen LogP contribution in [0.4, 0.5) is 0 Å². The number of hydrogen-bond donors (Lipinski definition) is 2. The number of amides is 2. The molecule has 1 unspecified atom stereocenters. The Morgan fingerprint density at radius 3 is 2.36 bits per heavy atom. The minimum Gasteiger partial charge on any atom is -0.352 e. The zero-order valence-corrected chi connectivity index (χ0v) is 19.3. The lowest BCUT2D eigenvalue weighted by Gasteiger charge is -2.36. The number of halogens is 2. The van der Waals surface area contributed by atoms with Crippen molar-refractivity contribution in [2.45, 2.75) is 51.1 Å². The zero-order valence-electron chi connectivity index (χ0n) is 16.9. The zero-order chi connectivity index (χ0) is 18.4. The lowest BCUT2D eigenvalue weighted by molar-refractivity contribution is -0.133. The molecule has 2 amide bonds. The summed E-state index contributed by atoms with van der Waals surface area (Å²) >= 11 is 1.93. The van der Waals surface area contributed by atoms with E-state index >= 15 is 0 Å². The van der Waals surface area contributed by atoms with Crippen molar-refractivity contribution in [3.63, 3.8) is 0 Å². The molecule has 3 aliphatic rings. The van der Waals surface area contributed by atoms with Gasteiger partial charge in [-0.2, -0.15) is 11.8 Å². The number of carbonyl (C=O) groups is 2. The second-order valence-electron chi connectivity index (χ2n) is 8.11. The fourth-order valence-electron chi connectivity index (χ4n) is 4.13. The van der Waals surface area contributed by atoms with Gasteiger partial charge in [-0.25, -0.2) is 0 Å². The van der Waals surface area contributed by atoms with Crippen molar-refractivity contribution in [3.8, 4) is 0 Å². The lowest BCUT2D eigenvalue weighted by atomic mass is 9.87. The number of nitrogens with zero attached hydrogens (tertiary/aromatic N) is 2. The Kier molecular flexibility index (Phi) is 12.1. The second-order valence-corrected chi connectivity index (χ2v) is 9.26. The van der Waals surface area contributed by atoms with Gasteiger partial charge in [-0.15, -0.1) is 24.8 Å². The minimum atomic E-state index is 0. The first-order valence-corrected chi connectivity index (χ1v) is 11.4. The molecule has 0 aromatic carbocycles. The third-order valence-electron chi connectivity index (χ3n) is 5.89. The Morgan fingerprint density at radius 1 is 1.07 bits per heavy atom. The summed E-state index contributed by atoms with van der Waals surface area (Å²) in [5, 5.41) is 6.64. The van der Waals surface area contributed by atoms with Crippen molar-refractivity contribution in [3.05, 3.63) is 0 Å². The average Bonchev–Trinajstić information content (AvgIpc) is 2.65. The Hall–Kier alpha value is -0.210. The summed E-state index contributed by atoms with van der Waals surface area (Å²) < 4.78 is 0. The van der Waals surface area contributed by atoms with Crippen molar-refractivity contribution in [2.75, 3.05) is 50.8 Å². The highest BCUT2D eigenvalue weighted by Gasteiger charge is 2.26. The number of hydrogen-bond acceptors (Lipinski definition) is 5. The molecule has 28 heavy (non-hydrogen) atoms. The Morgan fingerprint density at radius 2 is 1.75 bits per heavy atom. The number of rotatable bonds is 5. The van der Waals surface area contributed by atoms with Gasteiger partial charge in [0.25, 0.3) is 0 Å². The van der Waals surface area contributed by atoms with Crippen molar-refractivity contribution in [2.24, 2.45) is 5.92 Å². The molecule has 0 aromatic heterocycles. The minimum absolute atomic E-state index is 0. The molecule has 6 nitrogen and oxygen atoms in total. The molecule has 1 aliphatic carbocycles. The maximum atomic E-state index is 12.5. The number of nitrogens with one attached hydrogen (secondary N) is 2.